The Labute approximate surface area is 387 Å². The van der Waals surface area contributed by atoms with E-state index in [2.05, 4.69) is 161 Å². The average Bonchev–Trinajstić information content (AvgIpc) is 3.60. The monoisotopic (exact) mass is 849 g/mol. The van der Waals surface area contributed by atoms with E-state index in [1.807, 2.05) is 12.3 Å². The number of nitrogens with zero attached hydrogens (tertiary/aromatic N) is 2. The molecule has 2 aromatic heterocycles. The molecular formula is C63H64N2. The summed E-state index contributed by atoms with van der Waals surface area (Å²) >= 11 is 0. The van der Waals surface area contributed by atoms with E-state index in [9.17, 15) is 0 Å². The van der Waals surface area contributed by atoms with Crippen molar-refractivity contribution in [1.82, 2.24) is 9.97 Å². The molecule has 0 N–H and O–H groups in total. The summed E-state index contributed by atoms with van der Waals surface area (Å²) in [5, 5.41) is 7.33. The summed E-state index contributed by atoms with van der Waals surface area (Å²) in [6, 6.07) is 53.2. The second-order valence-electron chi connectivity index (χ2n) is 19.3. The molecule has 0 saturated heterocycles. The quantitative estimate of drug-likeness (QED) is 0.0518. The van der Waals surface area contributed by atoms with Gasteiger partial charge >= 0.3 is 0 Å². The Morgan fingerprint density at radius 1 is 0.415 bits per heavy atom. The molecule has 9 aromatic rings. The molecular weight excluding hydrogens is 785 g/mol. The van der Waals surface area contributed by atoms with Gasteiger partial charge in [0.2, 0.25) is 0 Å². The lowest BCUT2D eigenvalue weighted by Gasteiger charge is -2.33. The summed E-state index contributed by atoms with van der Waals surface area (Å²) in [7, 11) is 0. The van der Waals surface area contributed by atoms with Crippen molar-refractivity contribution in [2.24, 2.45) is 0 Å². The fourth-order valence-corrected chi connectivity index (χ4v) is 11.3. The first kappa shape index (κ1) is 42.8. The van der Waals surface area contributed by atoms with Crippen LogP contribution in [0.1, 0.15) is 126 Å². The summed E-state index contributed by atoms with van der Waals surface area (Å²) in [6.07, 6.45) is 20.1. The van der Waals surface area contributed by atoms with E-state index in [0.29, 0.717) is 0 Å². The zero-order valence-corrected chi connectivity index (χ0v) is 39.2. The van der Waals surface area contributed by atoms with Gasteiger partial charge in [-0.2, -0.15) is 0 Å². The van der Waals surface area contributed by atoms with Crippen molar-refractivity contribution in [2.45, 2.75) is 123 Å². The summed E-state index contributed by atoms with van der Waals surface area (Å²) in [6.45, 7) is 9.15. The van der Waals surface area contributed by atoms with Gasteiger partial charge in [-0.25, -0.2) is 4.98 Å². The molecule has 0 radical (unpaired) electrons. The van der Waals surface area contributed by atoms with Gasteiger partial charge in [-0.05, 0) is 147 Å². The number of benzene rings is 7. The van der Waals surface area contributed by atoms with Gasteiger partial charge in [0, 0.05) is 27.9 Å². The van der Waals surface area contributed by atoms with E-state index in [0.717, 1.165) is 33.1 Å². The molecule has 1 aliphatic carbocycles. The minimum Gasteiger partial charge on any atom is -0.254 e. The van der Waals surface area contributed by atoms with E-state index in [-0.39, 0.29) is 5.41 Å². The number of rotatable bonds is 17. The summed E-state index contributed by atoms with van der Waals surface area (Å²) in [5.74, 6) is 0. The second-order valence-corrected chi connectivity index (χ2v) is 19.3. The van der Waals surface area contributed by atoms with Crippen LogP contribution in [-0.2, 0) is 5.41 Å². The lowest BCUT2D eigenvalue weighted by molar-refractivity contribution is 0.398. The summed E-state index contributed by atoms with van der Waals surface area (Å²) in [4.78, 5) is 10.3. The van der Waals surface area contributed by atoms with Gasteiger partial charge in [0.15, 0.2) is 0 Å². The highest BCUT2D eigenvalue weighted by molar-refractivity contribution is 6.07. The predicted molar refractivity (Wildman–Crippen MR) is 280 cm³/mol. The van der Waals surface area contributed by atoms with Crippen molar-refractivity contribution in [2.75, 3.05) is 0 Å². The molecule has 0 unspecified atom stereocenters. The van der Waals surface area contributed by atoms with E-state index in [4.69, 9.17) is 9.97 Å². The number of aromatic nitrogens is 2. The fourth-order valence-electron chi connectivity index (χ4n) is 11.3. The molecule has 0 aliphatic heterocycles. The van der Waals surface area contributed by atoms with Crippen molar-refractivity contribution in [3.8, 4) is 44.6 Å². The topological polar surface area (TPSA) is 25.8 Å². The fraction of sp³-hybridized carbons (Fsp3) is 0.302. The van der Waals surface area contributed by atoms with E-state index < -0.39 is 0 Å². The van der Waals surface area contributed by atoms with E-state index in [1.54, 1.807) is 5.56 Å². The Kier molecular flexibility index (Phi) is 12.4. The number of aryl methyl sites for hydroxylation is 2. The van der Waals surface area contributed by atoms with Gasteiger partial charge in [0.25, 0.3) is 0 Å². The van der Waals surface area contributed by atoms with Gasteiger partial charge < -0.3 is 0 Å². The highest BCUT2D eigenvalue weighted by atomic mass is 14.8. The molecule has 2 nitrogen and oxygen atoms in total. The third-order valence-electron chi connectivity index (χ3n) is 14.8. The zero-order chi connectivity index (χ0) is 44.3. The first-order valence-electron chi connectivity index (χ1n) is 24.9. The van der Waals surface area contributed by atoms with Crippen LogP contribution in [0.3, 0.4) is 0 Å². The van der Waals surface area contributed by atoms with Gasteiger partial charge in [-0.3, -0.25) is 4.98 Å². The van der Waals surface area contributed by atoms with Crippen molar-refractivity contribution >= 4 is 43.4 Å². The Morgan fingerprint density at radius 2 is 1.02 bits per heavy atom. The van der Waals surface area contributed by atoms with Gasteiger partial charge in [-0.15, -0.1) is 0 Å². The number of unbranched alkanes of at least 4 members (excludes halogenated alkanes) is 10. The molecule has 2 heterocycles. The first-order chi connectivity index (χ1) is 31.9. The minimum atomic E-state index is 0.00538. The molecule has 0 amide bonds. The molecule has 65 heavy (non-hydrogen) atoms. The van der Waals surface area contributed by atoms with Crippen LogP contribution in [0.5, 0.6) is 0 Å². The Balaban J connectivity index is 1.14. The zero-order valence-electron chi connectivity index (χ0n) is 39.2. The standard InChI is InChI=1S/C63H64N2/c1-5-7-9-11-13-15-33-63(34-16-14-12-10-8-6-2)58-36-43(3)25-30-54(58)55-31-28-47(42-59(55)63)50-37-51(53-24-18-22-49-40-56-44(4)20-17-21-48(56)41-57(49)53)39-52(38-50)60-32-29-46-27-26-45-23-19-35-64-61(45)62(46)65-60/h17-32,35-42H,5-16,33-34H2,1-4H3. The van der Waals surface area contributed by atoms with Gasteiger partial charge in [-0.1, -0.05) is 187 Å². The number of fused-ring (bicyclic) bond motifs is 8. The number of pyridine rings is 2. The Morgan fingerprint density at radius 3 is 1.78 bits per heavy atom. The van der Waals surface area contributed by atoms with Crippen LogP contribution >= 0.6 is 0 Å². The van der Waals surface area contributed by atoms with Gasteiger partial charge in [0.05, 0.1) is 16.7 Å². The Hall–Kier alpha value is -6.12. The highest BCUT2D eigenvalue weighted by Crippen LogP contribution is 2.55. The minimum absolute atomic E-state index is 0.00538. The maximum Gasteiger partial charge on any atom is 0.0972 e. The van der Waals surface area contributed by atoms with Crippen LogP contribution in [0.15, 0.2) is 146 Å². The molecule has 0 bridgehead atoms. The van der Waals surface area contributed by atoms with Crippen molar-refractivity contribution < 1.29 is 0 Å². The van der Waals surface area contributed by atoms with Crippen LogP contribution in [-0.4, -0.2) is 9.97 Å². The van der Waals surface area contributed by atoms with E-state index >= 15 is 0 Å². The van der Waals surface area contributed by atoms with Crippen molar-refractivity contribution in [3.05, 3.63) is 168 Å². The number of hydrogen-bond acceptors (Lipinski definition) is 2. The lowest BCUT2D eigenvalue weighted by atomic mass is 9.70. The van der Waals surface area contributed by atoms with Crippen LogP contribution in [0.4, 0.5) is 0 Å². The molecule has 0 fully saturated rings. The van der Waals surface area contributed by atoms with Crippen molar-refractivity contribution in [3.63, 3.8) is 0 Å². The second kappa shape index (κ2) is 18.8. The normalized spacial score (nSPS) is 13.0. The maximum absolute atomic E-state index is 5.43. The predicted octanol–water partition coefficient (Wildman–Crippen LogP) is 18.5. The van der Waals surface area contributed by atoms with Crippen LogP contribution < -0.4 is 0 Å². The molecule has 7 aromatic carbocycles. The van der Waals surface area contributed by atoms with Crippen molar-refractivity contribution in [1.29, 1.82) is 0 Å². The van der Waals surface area contributed by atoms with Gasteiger partial charge in [0.1, 0.15) is 0 Å². The largest absolute Gasteiger partial charge is 0.254 e. The summed E-state index contributed by atoms with van der Waals surface area (Å²) < 4.78 is 0. The third-order valence-corrected chi connectivity index (χ3v) is 14.8. The molecule has 2 heteroatoms. The highest BCUT2D eigenvalue weighted by Gasteiger charge is 2.42. The Bertz CT molecular complexity index is 3160. The SMILES string of the molecule is CCCCCCCCC1(CCCCCCCC)c2cc(C)ccc2-c2ccc(-c3cc(-c4ccc5ccc6cccnc6c5n4)cc(-c4cccc5cc6c(C)cccc6cc45)c3)cc21. The molecule has 0 atom stereocenters. The maximum atomic E-state index is 5.43. The number of hydrogen-bond donors (Lipinski definition) is 0. The van der Waals surface area contributed by atoms with Crippen LogP contribution in [0.25, 0.3) is 88.0 Å². The van der Waals surface area contributed by atoms with E-state index in [1.165, 1.54) is 162 Å². The molecule has 1 aliphatic rings. The molecule has 10 rings (SSSR count). The van der Waals surface area contributed by atoms with Crippen LogP contribution in [0, 0.1) is 13.8 Å². The van der Waals surface area contributed by atoms with Crippen LogP contribution in [0.2, 0.25) is 0 Å². The third kappa shape index (κ3) is 8.38. The average molecular weight is 849 g/mol. The molecule has 326 valence electrons. The smallest absolute Gasteiger partial charge is 0.0972 e. The first-order valence-corrected chi connectivity index (χ1v) is 24.9. The summed E-state index contributed by atoms with van der Waals surface area (Å²) in [5.41, 5.74) is 17.6. The molecule has 0 spiro atoms. The molecule has 0 saturated carbocycles. The lowest BCUT2D eigenvalue weighted by Crippen LogP contribution is -2.25.